The normalized spacial score (nSPS) is 13.3. The van der Waals surface area contributed by atoms with Crippen LogP contribution in [0.2, 0.25) is 0 Å². The molecule has 34 heavy (non-hydrogen) atoms. The van der Waals surface area contributed by atoms with Crippen molar-refractivity contribution in [1.29, 1.82) is 0 Å². The molecule has 7 nitrogen and oxygen atoms in total. The van der Waals surface area contributed by atoms with Gasteiger partial charge in [0.05, 0.1) is 32.5 Å². The Kier molecular flexibility index (Phi) is 6.23. The van der Waals surface area contributed by atoms with Crippen LogP contribution < -0.4 is 23.7 Å². The minimum absolute atomic E-state index is 0.0747. The first-order valence-electron chi connectivity index (χ1n) is 10.2. The van der Waals surface area contributed by atoms with Crippen molar-refractivity contribution in [2.24, 2.45) is 0 Å². The summed E-state index contributed by atoms with van der Waals surface area (Å²) in [4.78, 5) is 25.4. The average Bonchev–Trinajstić information content (AvgIpc) is 3.14. The summed E-state index contributed by atoms with van der Waals surface area (Å²) in [5.41, 5.74) is 1.69. The van der Waals surface area contributed by atoms with E-state index < -0.39 is 11.8 Å². The third kappa shape index (κ3) is 4.30. The number of fused-ring (bicyclic) bond motifs is 1. The number of methoxy groups -OCH3 is 3. The Morgan fingerprint density at radius 3 is 2.21 bits per heavy atom. The van der Waals surface area contributed by atoms with Crippen LogP contribution in [0, 0.1) is 12.7 Å². The van der Waals surface area contributed by atoms with E-state index in [4.69, 9.17) is 23.7 Å². The van der Waals surface area contributed by atoms with Crippen molar-refractivity contribution in [3.05, 3.63) is 82.4 Å². The van der Waals surface area contributed by atoms with Gasteiger partial charge in [0, 0.05) is 17.7 Å². The number of halogens is 1. The van der Waals surface area contributed by atoms with Gasteiger partial charge in [0.25, 0.3) is 0 Å². The summed E-state index contributed by atoms with van der Waals surface area (Å²) in [6.45, 7) is 1.72. The van der Waals surface area contributed by atoms with Gasteiger partial charge in [0.15, 0.2) is 17.3 Å². The maximum Gasteiger partial charge on any atom is 0.343 e. The second kappa shape index (κ2) is 9.27. The molecular formula is C26H21FO7. The predicted octanol–water partition coefficient (Wildman–Crippen LogP) is 5.00. The van der Waals surface area contributed by atoms with Gasteiger partial charge in [0.2, 0.25) is 5.78 Å². The minimum Gasteiger partial charge on any atom is -0.496 e. The van der Waals surface area contributed by atoms with Gasteiger partial charge in [-0.2, -0.15) is 0 Å². The molecule has 0 saturated heterocycles. The Balaban J connectivity index is 1.64. The number of carbonyl (C=O) groups excluding carboxylic acids is 2. The first-order chi connectivity index (χ1) is 16.3. The van der Waals surface area contributed by atoms with E-state index in [1.165, 1.54) is 51.7 Å². The highest BCUT2D eigenvalue weighted by Gasteiger charge is 2.31. The second-order valence-electron chi connectivity index (χ2n) is 7.40. The number of benzene rings is 3. The third-order valence-corrected chi connectivity index (χ3v) is 5.26. The van der Waals surface area contributed by atoms with E-state index in [-0.39, 0.29) is 28.6 Å². The molecule has 0 aromatic heterocycles. The third-order valence-electron chi connectivity index (χ3n) is 5.26. The fraction of sp³-hybridized carbons (Fsp3) is 0.154. The first kappa shape index (κ1) is 22.8. The van der Waals surface area contributed by atoms with Gasteiger partial charge in [-0.3, -0.25) is 4.79 Å². The zero-order chi connectivity index (χ0) is 24.4. The van der Waals surface area contributed by atoms with E-state index in [9.17, 15) is 14.0 Å². The minimum atomic E-state index is -0.658. The highest BCUT2D eigenvalue weighted by molar-refractivity contribution is 6.15. The molecule has 3 aromatic carbocycles. The van der Waals surface area contributed by atoms with Crippen molar-refractivity contribution < 1.29 is 37.7 Å². The van der Waals surface area contributed by atoms with Crippen molar-refractivity contribution in [2.45, 2.75) is 6.92 Å². The lowest BCUT2D eigenvalue weighted by molar-refractivity contribution is 0.0734. The molecule has 0 unspecified atom stereocenters. The van der Waals surface area contributed by atoms with Gasteiger partial charge >= 0.3 is 5.97 Å². The monoisotopic (exact) mass is 464 g/mol. The summed E-state index contributed by atoms with van der Waals surface area (Å²) in [6.07, 6.45) is 1.55. The van der Waals surface area contributed by atoms with Crippen LogP contribution in [0.15, 0.2) is 54.3 Å². The predicted molar refractivity (Wildman–Crippen MR) is 122 cm³/mol. The maximum absolute atomic E-state index is 13.1. The lowest BCUT2D eigenvalue weighted by Gasteiger charge is -2.12. The number of aryl methyl sites for hydroxylation is 1. The molecule has 0 spiro atoms. The molecule has 0 aliphatic carbocycles. The molecule has 0 bridgehead atoms. The average molecular weight is 464 g/mol. The molecule has 0 fully saturated rings. The summed E-state index contributed by atoms with van der Waals surface area (Å²) < 4.78 is 40.4. The van der Waals surface area contributed by atoms with Gasteiger partial charge in [-0.05, 0) is 55.0 Å². The maximum atomic E-state index is 13.1. The number of rotatable bonds is 6. The number of carbonyl (C=O) groups is 2. The Labute approximate surface area is 195 Å². The summed E-state index contributed by atoms with van der Waals surface area (Å²) >= 11 is 0. The summed E-state index contributed by atoms with van der Waals surface area (Å²) in [6, 6.07) is 11.4. The highest BCUT2D eigenvalue weighted by Crippen LogP contribution is 2.40. The Morgan fingerprint density at radius 1 is 0.912 bits per heavy atom. The quantitative estimate of drug-likeness (QED) is 0.289. The first-order valence-corrected chi connectivity index (χ1v) is 10.2. The number of ether oxygens (including phenoxy) is 5. The van der Waals surface area contributed by atoms with E-state index >= 15 is 0 Å². The van der Waals surface area contributed by atoms with Crippen molar-refractivity contribution in [3.63, 3.8) is 0 Å². The van der Waals surface area contributed by atoms with E-state index in [2.05, 4.69) is 0 Å². The van der Waals surface area contributed by atoms with Crippen LogP contribution in [-0.2, 0) is 0 Å². The number of hydrogen-bond acceptors (Lipinski definition) is 7. The van der Waals surface area contributed by atoms with Crippen molar-refractivity contribution in [1.82, 2.24) is 0 Å². The zero-order valence-corrected chi connectivity index (χ0v) is 18.9. The molecule has 1 aliphatic heterocycles. The van der Waals surface area contributed by atoms with Crippen LogP contribution in [-0.4, -0.2) is 33.1 Å². The molecule has 1 heterocycles. The Bertz CT molecular complexity index is 1310. The smallest absolute Gasteiger partial charge is 0.343 e. The summed E-state index contributed by atoms with van der Waals surface area (Å²) in [7, 11) is 4.52. The molecule has 0 saturated carbocycles. The number of Topliss-reactive ketones (excluding diaryl/α,β-unsaturated/α-hetero) is 1. The molecule has 0 atom stereocenters. The lowest BCUT2D eigenvalue weighted by atomic mass is 10.0. The van der Waals surface area contributed by atoms with Crippen molar-refractivity contribution in [3.8, 4) is 28.7 Å². The molecule has 174 valence electrons. The van der Waals surface area contributed by atoms with Crippen LogP contribution in [0.5, 0.6) is 28.7 Å². The van der Waals surface area contributed by atoms with Gasteiger partial charge in [-0.15, -0.1) is 0 Å². The van der Waals surface area contributed by atoms with Crippen LogP contribution in [0.1, 0.15) is 31.8 Å². The lowest BCUT2D eigenvalue weighted by Crippen LogP contribution is -2.08. The van der Waals surface area contributed by atoms with Crippen molar-refractivity contribution in [2.75, 3.05) is 21.3 Å². The van der Waals surface area contributed by atoms with Crippen LogP contribution in [0.25, 0.3) is 6.08 Å². The number of hydrogen-bond donors (Lipinski definition) is 0. The molecule has 8 heteroatoms. The van der Waals surface area contributed by atoms with Crippen LogP contribution >= 0.6 is 0 Å². The van der Waals surface area contributed by atoms with E-state index in [1.807, 2.05) is 0 Å². The molecule has 1 aliphatic rings. The number of allylic oxidation sites excluding steroid dienone is 1. The Hall–Kier alpha value is -4.33. The molecule has 4 rings (SSSR count). The number of ketones is 1. The van der Waals surface area contributed by atoms with E-state index in [0.29, 0.717) is 33.9 Å². The fourth-order valence-electron chi connectivity index (χ4n) is 3.60. The zero-order valence-electron chi connectivity index (χ0n) is 18.9. The molecule has 0 amide bonds. The van der Waals surface area contributed by atoms with Crippen molar-refractivity contribution >= 4 is 17.8 Å². The van der Waals surface area contributed by atoms with Crippen LogP contribution in [0.4, 0.5) is 4.39 Å². The second-order valence-corrected chi connectivity index (χ2v) is 7.40. The SMILES string of the molecule is COc1cc(OC)c(OC)cc1/C=C1\Oc2cc(OC(=O)c3ccc(F)cc3)cc(C)c2C1=O. The van der Waals surface area contributed by atoms with Crippen LogP contribution in [0.3, 0.4) is 0 Å². The molecular weight excluding hydrogens is 443 g/mol. The topological polar surface area (TPSA) is 80.3 Å². The molecule has 3 aromatic rings. The Morgan fingerprint density at radius 2 is 1.56 bits per heavy atom. The van der Waals surface area contributed by atoms with E-state index in [1.54, 1.807) is 31.2 Å². The van der Waals surface area contributed by atoms with Gasteiger partial charge in [-0.1, -0.05) is 0 Å². The van der Waals surface area contributed by atoms with E-state index in [0.717, 1.165) is 0 Å². The van der Waals surface area contributed by atoms with Gasteiger partial charge in [-0.25, -0.2) is 9.18 Å². The van der Waals surface area contributed by atoms with Gasteiger partial charge in [0.1, 0.15) is 23.1 Å². The molecule has 0 N–H and O–H groups in total. The fourth-order valence-corrected chi connectivity index (χ4v) is 3.60. The summed E-state index contributed by atoms with van der Waals surface area (Å²) in [5, 5.41) is 0. The van der Waals surface area contributed by atoms with Gasteiger partial charge < -0.3 is 23.7 Å². The number of esters is 1. The standard InChI is InChI=1S/C26H21FO7/c1-14-9-18(33-26(29)15-5-7-17(27)8-6-15)12-22-24(14)25(28)23(34-22)11-16-10-20(31-3)21(32-4)13-19(16)30-2/h5-13H,1-4H3/b23-11-. The highest BCUT2D eigenvalue weighted by atomic mass is 19.1. The summed E-state index contributed by atoms with van der Waals surface area (Å²) in [5.74, 6) is 0.503. The molecule has 0 radical (unpaired) electrons. The largest absolute Gasteiger partial charge is 0.496 e.